The van der Waals surface area contributed by atoms with E-state index in [0.29, 0.717) is 31.1 Å². The average Bonchev–Trinajstić information content (AvgIpc) is 3.22. The Hall–Kier alpha value is -2.45. The molecule has 0 bridgehead atoms. The molecule has 0 saturated carbocycles. The van der Waals surface area contributed by atoms with Crippen LogP contribution in [0.4, 0.5) is 0 Å². The van der Waals surface area contributed by atoms with Crippen molar-refractivity contribution in [2.75, 3.05) is 27.4 Å². The minimum atomic E-state index is -0.205. The Kier molecular flexibility index (Phi) is 7.44. The molecule has 3 rings (SSSR count). The fraction of sp³-hybridized carbons (Fsp3) is 0.500. The van der Waals surface area contributed by atoms with Crippen molar-refractivity contribution in [3.63, 3.8) is 0 Å². The van der Waals surface area contributed by atoms with Crippen molar-refractivity contribution in [2.45, 2.75) is 45.3 Å². The van der Waals surface area contributed by atoms with Gasteiger partial charge >= 0.3 is 5.97 Å². The summed E-state index contributed by atoms with van der Waals surface area (Å²) >= 11 is 5.70. The number of aromatic nitrogens is 2. The number of hydrogen-bond donors (Lipinski definition) is 1. The van der Waals surface area contributed by atoms with Crippen molar-refractivity contribution in [1.29, 1.82) is 0 Å². The Morgan fingerprint density at radius 3 is 2.73 bits per heavy atom. The molecule has 30 heavy (non-hydrogen) atoms. The van der Waals surface area contributed by atoms with E-state index < -0.39 is 0 Å². The molecule has 8 heteroatoms. The topological polar surface area (TPSA) is 68.6 Å². The summed E-state index contributed by atoms with van der Waals surface area (Å²) in [6.45, 7) is 6.38. The lowest BCUT2D eigenvalue weighted by atomic mass is 9.96. The SMILES string of the molecule is COCCn1c(C)cc([C@@H]2[C@@H](c3ccccn3)NC(=S)N2CCCC(=O)OC)c1C. The quantitative estimate of drug-likeness (QED) is 0.484. The number of nitrogens with zero attached hydrogens (tertiary/aromatic N) is 3. The van der Waals surface area contributed by atoms with Gasteiger partial charge in [0.2, 0.25) is 0 Å². The normalized spacial score (nSPS) is 18.5. The van der Waals surface area contributed by atoms with Crippen molar-refractivity contribution < 1.29 is 14.3 Å². The summed E-state index contributed by atoms with van der Waals surface area (Å²) in [5.74, 6) is -0.205. The van der Waals surface area contributed by atoms with Gasteiger partial charge in [-0.2, -0.15) is 0 Å². The number of rotatable bonds is 9. The van der Waals surface area contributed by atoms with Crippen molar-refractivity contribution in [3.8, 4) is 0 Å². The van der Waals surface area contributed by atoms with Crippen LogP contribution < -0.4 is 5.32 Å². The lowest BCUT2D eigenvalue weighted by molar-refractivity contribution is -0.140. The first-order valence-electron chi connectivity index (χ1n) is 10.2. The Labute approximate surface area is 183 Å². The van der Waals surface area contributed by atoms with Crippen LogP contribution in [0.5, 0.6) is 0 Å². The number of aryl methyl sites for hydroxylation is 1. The van der Waals surface area contributed by atoms with Gasteiger partial charge < -0.3 is 24.3 Å². The van der Waals surface area contributed by atoms with Crippen LogP contribution in [-0.4, -0.2) is 52.9 Å². The first-order chi connectivity index (χ1) is 14.5. The van der Waals surface area contributed by atoms with E-state index in [2.05, 4.69) is 39.7 Å². The van der Waals surface area contributed by atoms with Gasteiger partial charge in [0.05, 0.1) is 31.5 Å². The maximum atomic E-state index is 11.6. The number of ether oxygens (including phenoxy) is 2. The van der Waals surface area contributed by atoms with Gasteiger partial charge in [0, 0.05) is 44.2 Å². The van der Waals surface area contributed by atoms with Crippen LogP contribution in [0.3, 0.4) is 0 Å². The number of hydrogen-bond acceptors (Lipinski definition) is 5. The Morgan fingerprint density at radius 1 is 1.27 bits per heavy atom. The summed E-state index contributed by atoms with van der Waals surface area (Å²) in [5.41, 5.74) is 4.54. The summed E-state index contributed by atoms with van der Waals surface area (Å²) in [5, 5.41) is 4.15. The largest absolute Gasteiger partial charge is 0.469 e. The van der Waals surface area contributed by atoms with Crippen molar-refractivity contribution in [1.82, 2.24) is 19.8 Å². The first-order valence-corrected chi connectivity index (χ1v) is 10.6. The Bertz CT molecular complexity index is 884. The molecule has 2 atom stereocenters. The van der Waals surface area contributed by atoms with E-state index in [1.54, 1.807) is 13.3 Å². The van der Waals surface area contributed by atoms with Gasteiger partial charge in [0.1, 0.15) is 0 Å². The van der Waals surface area contributed by atoms with E-state index in [1.165, 1.54) is 24.1 Å². The molecule has 1 saturated heterocycles. The summed E-state index contributed by atoms with van der Waals surface area (Å²) in [6, 6.07) is 8.09. The number of thiocarbonyl (C=S) groups is 1. The van der Waals surface area contributed by atoms with Gasteiger partial charge in [0.25, 0.3) is 0 Å². The van der Waals surface area contributed by atoms with Gasteiger partial charge in [-0.25, -0.2) is 0 Å². The van der Waals surface area contributed by atoms with Crippen LogP contribution in [0.1, 0.15) is 47.6 Å². The van der Waals surface area contributed by atoms with Crippen LogP contribution >= 0.6 is 12.2 Å². The van der Waals surface area contributed by atoms with Crippen molar-refractivity contribution in [2.24, 2.45) is 0 Å². The van der Waals surface area contributed by atoms with Crippen molar-refractivity contribution in [3.05, 3.63) is 53.1 Å². The zero-order valence-corrected chi connectivity index (χ0v) is 18.9. The molecule has 7 nitrogen and oxygen atoms in total. The zero-order valence-electron chi connectivity index (χ0n) is 18.1. The van der Waals surface area contributed by atoms with Gasteiger partial charge in [-0.1, -0.05) is 6.07 Å². The number of methoxy groups -OCH3 is 2. The van der Waals surface area contributed by atoms with E-state index in [0.717, 1.165) is 12.2 Å². The number of pyridine rings is 1. The third-order valence-corrected chi connectivity index (χ3v) is 6.01. The molecule has 1 N–H and O–H groups in total. The minimum Gasteiger partial charge on any atom is -0.469 e. The maximum Gasteiger partial charge on any atom is 0.305 e. The molecule has 0 spiro atoms. The van der Waals surface area contributed by atoms with E-state index in [9.17, 15) is 4.79 Å². The number of nitrogens with one attached hydrogen (secondary N) is 1. The molecule has 2 aromatic rings. The van der Waals surface area contributed by atoms with Crippen LogP contribution in [-0.2, 0) is 20.8 Å². The second-order valence-electron chi connectivity index (χ2n) is 7.47. The van der Waals surface area contributed by atoms with Gasteiger partial charge in [-0.15, -0.1) is 0 Å². The van der Waals surface area contributed by atoms with Crippen LogP contribution in [0.15, 0.2) is 30.5 Å². The molecule has 1 fully saturated rings. The maximum absolute atomic E-state index is 11.6. The van der Waals surface area contributed by atoms with Gasteiger partial charge in [-0.3, -0.25) is 9.78 Å². The molecule has 1 aliphatic heterocycles. The third kappa shape index (κ3) is 4.65. The van der Waals surface area contributed by atoms with Crippen LogP contribution in [0, 0.1) is 13.8 Å². The van der Waals surface area contributed by atoms with E-state index >= 15 is 0 Å². The molecule has 0 amide bonds. The fourth-order valence-corrected chi connectivity index (χ4v) is 4.47. The molecular weight excluding hydrogens is 400 g/mol. The molecule has 0 aromatic carbocycles. The molecular formula is C22H30N4O3S. The second kappa shape index (κ2) is 10.0. The predicted molar refractivity (Wildman–Crippen MR) is 119 cm³/mol. The first kappa shape index (κ1) is 22.2. The second-order valence-corrected chi connectivity index (χ2v) is 7.86. The standard InChI is InChI=1S/C22H30N4O3S/c1-15-14-17(16(2)25(15)12-13-28-3)21-20(18-8-5-6-10-23-18)24-22(30)26(21)11-7-9-19(27)29-4/h5-6,8,10,14,20-21H,7,9,11-13H2,1-4H3,(H,24,30)/t20-,21-/m1/s1. The number of carbonyl (C=O) groups excluding carboxylic acids is 1. The molecule has 1 aliphatic rings. The highest BCUT2D eigenvalue weighted by Gasteiger charge is 2.41. The zero-order chi connectivity index (χ0) is 21.7. The third-order valence-electron chi connectivity index (χ3n) is 5.66. The van der Waals surface area contributed by atoms with E-state index in [4.69, 9.17) is 21.7 Å². The summed E-state index contributed by atoms with van der Waals surface area (Å²) in [6.07, 6.45) is 2.84. The lowest BCUT2D eigenvalue weighted by Gasteiger charge is -2.28. The highest BCUT2D eigenvalue weighted by molar-refractivity contribution is 7.80. The van der Waals surface area contributed by atoms with E-state index in [1.807, 2.05) is 18.2 Å². The molecule has 162 valence electrons. The average molecular weight is 431 g/mol. The molecule has 0 unspecified atom stereocenters. The highest BCUT2D eigenvalue weighted by Crippen LogP contribution is 2.40. The minimum absolute atomic E-state index is 0.00691. The number of carbonyl (C=O) groups is 1. The predicted octanol–water partition coefficient (Wildman–Crippen LogP) is 3.07. The van der Waals surface area contributed by atoms with Crippen LogP contribution in [0.2, 0.25) is 0 Å². The molecule has 0 aliphatic carbocycles. The summed E-state index contributed by atoms with van der Waals surface area (Å²) in [7, 11) is 3.13. The highest BCUT2D eigenvalue weighted by atomic mass is 32.1. The Morgan fingerprint density at radius 2 is 2.07 bits per heavy atom. The van der Waals surface area contributed by atoms with Gasteiger partial charge in [0.15, 0.2) is 5.11 Å². The summed E-state index contributed by atoms with van der Waals surface area (Å²) < 4.78 is 12.4. The molecule has 2 aromatic heterocycles. The Balaban J connectivity index is 1.95. The van der Waals surface area contributed by atoms with Crippen LogP contribution in [0.25, 0.3) is 0 Å². The molecule has 0 radical (unpaired) electrons. The lowest BCUT2D eigenvalue weighted by Crippen LogP contribution is -2.31. The summed E-state index contributed by atoms with van der Waals surface area (Å²) in [4.78, 5) is 18.4. The van der Waals surface area contributed by atoms with Gasteiger partial charge in [-0.05, 0) is 56.2 Å². The van der Waals surface area contributed by atoms with Crippen molar-refractivity contribution >= 4 is 23.3 Å². The molecule has 3 heterocycles. The number of esters is 1. The smallest absolute Gasteiger partial charge is 0.305 e. The fourth-order valence-electron chi connectivity index (χ4n) is 4.13. The van der Waals surface area contributed by atoms with E-state index in [-0.39, 0.29) is 18.1 Å². The monoisotopic (exact) mass is 430 g/mol.